The Morgan fingerprint density at radius 1 is 1.00 bits per heavy atom. The molecule has 2 N–H and O–H groups in total. The first-order valence-electron chi connectivity index (χ1n) is 6.76. The Kier molecular flexibility index (Phi) is 5.16. The third-order valence-electron chi connectivity index (χ3n) is 3.36. The van der Waals surface area contributed by atoms with Crippen LogP contribution >= 0.6 is 0 Å². The third-order valence-corrected chi connectivity index (χ3v) is 3.36. The second-order valence-electron chi connectivity index (χ2n) is 4.80. The average molecular weight is 271 g/mol. The summed E-state index contributed by atoms with van der Waals surface area (Å²) in [6.45, 7) is 2.57. The van der Waals surface area contributed by atoms with Crippen molar-refractivity contribution < 1.29 is 9.47 Å². The molecular weight excluding hydrogens is 250 g/mol. The number of nitrogens with two attached hydrogens (primary N) is 1. The Bertz CT molecular complexity index is 510. The first kappa shape index (κ1) is 14.6. The van der Waals surface area contributed by atoms with Crippen LogP contribution in [0.2, 0.25) is 0 Å². The molecule has 2 unspecified atom stereocenters. The van der Waals surface area contributed by atoms with Gasteiger partial charge in [0.2, 0.25) is 0 Å². The van der Waals surface area contributed by atoms with Crippen molar-refractivity contribution in [2.24, 2.45) is 5.73 Å². The third kappa shape index (κ3) is 3.83. The number of methoxy groups -OCH3 is 1. The summed E-state index contributed by atoms with van der Waals surface area (Å²) in [4.78, 5) is 0. The molecule has 0 aromatic heterocycles. The molecule has 0 spiro atoms. The van der Waals surface area contributed by atoms with Crippen LogP contribution in [0.25, 0.3) is 0 Å². The molecule has 0 heterocycles. The van der Waals surface area contributed by atoms with Crippen LogP contribution in [0.3, 0.4) is 0 Å². The molecule has 0 radical (unpaired) electrons. The maximum Gasteiger partial charge on any atom is 0.118 e. The molecule has 2 rings (SSSR count). The summed E-state index contributed by atoms with van der Waals surface area (Å²) in [7, 11) is 1.65. The Morgan fingerprint density at radius 2 is 1.65 bits per heavy atom. The second kappa shape index (κ2) is 7.08. The highest BCUT2D eigenvalue weighted by atomic mass is 16.5. The first-order chi connectivity index (χ1) is 9.70. The van der Waals surface area contributed by atoms with Crippen LogP contribution < -0.4 is 10.5 Å². The molecule has 106 valence electrons. The van der Waals surface area contributed by atoms with Crippen LogP contribution in [-0.4, -0.2) is 13.2 Å². The van der Waals surface area contributed by atoms with Gasteiger partial charge in [-0.3, -0.25) is 0 Å². The summed E-state index contributed by atoms with van der Waals surface area (Å²) in [5, 5.41) is 0. The van der Waals surface area contributed by atoms with Gasteiger partial charge < -0.3 is 15.2 Å². The minimum atomic E-state index is -0.149. The number of hydrogen-bond acceptors (Lipinski definition) is 3. The van der Waals surface area contributed by atoms with Gasteiger partial charge in [0, 0.05) is 0 Å². The molecule has 0 aliphatic carbocycles. The van der Waals surface area contributed by atoms with Gasteiger partial charge >= 0.3 is 0 Å². The molecule has 0 bridgehead atoms. The maximum absolute atomic E-state index is 6.23. The zero-order chi connectivity index (χ0) is 14.4. The highest BCUT2D eigenvalue weighted by molar-refractivity contribution is 5.29. The fourth-order valence-corrected chi connectivity index (χ4v) is 2.00. The van der Waals surface area contributed by atoms with E-state index in [1.165, 1.54) is 0 Å². The smallest absolute Gasteiger partial charge is 0.118 e. The largest absolute Gasteiger partial charge is 0.497 e. The fourth-order valence-electron chi connectivity index (χ4n) is 2.00. The summed E-state index contributed by atoms with van der Waals surface area (Å²) < 4.78 is 11.0. The van der Waals surface area contributed by atoms with Crippen molar-refractivity contribution in [1.82, 2.24) is 0 Å². The van der Waals surface area contributed by atoms with Crippen molar-refractivity contribution in [2.75, 3.05) is 7.11 Å². The Morgan fingerprint density at radius 3 is 2.25 bits per heavy atom. The summed E-state index contributed by atoms with van der Waals surface area (Å²) in [6, 6.07) is 17.7. The van der Waals surface area contributed by atoms with E-state index in [-0.39, 0.29) is 12.1 Å². The summed E-state index contributed by atoms with van der Waals surface area (Å²) >= 11 is 0. The van der Waals surface area contributed by atoms with Gasteiger partial charge in [-0.25, -0.2) is 0 Å². The van der Waals surface area contributed by atoms with Crippen LogP contribution in [0.1, 0.15) is 24.1 Å². The average Bonchev–Trinajstić information content (AvgIpc) is 2.53. The monoisotopic (exact) mass is 271 g/mol. The SMILES string of the molecule is COc1ccc(C(N)C(C)OCc2ccccc2)cc1. The van der Waals surface area contributed by atoms with Crippen LogP contribution in [0, 0.1) is 0 Å². The van der Waals surface area contributed by atoms with Crippen LogP contribution in [0.4, 0.5) is 0 Å². The topological polar surface area (TPSA) is 44.5 Å². The van der Waals surface area contributed by atoms with E-state index in [0.29, 0.717) is 6.61 Å². The predicted molar refractivity (Wildman–Crippen MR) is 80.6 cm³/mol. The van der Waals surface area contributed by atoms with Crippen molar-refractivity contribution >= 4 is 0 Å². The van der Waals surface area contributed by atoms with E-state index in [4.69, 9.17) is 15.2 Å². The zero-order valence-corrected chi connectivity index (χ0v) is 12.0. The van der Waals surface area contributed by atoms with E-state index in [1.54, 1.807) is 7.11 Å². The van der Waals surface area contributed by atoms with Gasteiger partial charge in [-0.2, -0.15) is 0 Å². The highest BCUT2D eigenvalue weighted by Gasteiger charge is 2.15. The zero-order valence-electron chi connectivity index (χ0n) is 12.0. The van der Waals surface area contributed by atoms with E-state index in [9.17, 15) is 0 Å². The minimum absolute atomic E-state index is 0.0522. The quantitative estimate of drug-likeness (QED) is 0.876. The van der Waals surface area contributed by atoms with Gasteiger partial charge in [0.15, 0.2) is 0 Å². The van der Waals surface area contributed by atoms with E-state index >= 15 is 0 Å². The van der Waals surface area contributed by atoms with Gasteiger partial charge in [-0.15, -0.1) is 0 Å². The Labute approximate surface area is 120 Å². The molecule has 0 saturated carbocycles. The lowest BCUT2D eigenvalue weighted by Gasteiger charge is -2.21. The molecule has 0 aliphatic heterocycles. The normalized spacial score (nSPS) is 13.8. The van der Waals surface area contributed by atoms with Gasteiger partial charge in [-0.1, -0.05) is 42.5 Å². The Hall–Kier alpha value is -1.84. The van der Waals surface area contributed by atoms with Gasteiger partial charge in [0.25, 0.3) is 0 Å². The van der Waals surface area contributed by atoms with Crippen molar-refractivity contribution in [1.29, 1.82) is 0 Å². The molecule has 0 amide bonds. The molecule has 20 heavy (non-hydrogen) atoms. The highest BCUT2D eigenvalue weighted by Crippen LogP contribution is 2.20. The standard InChI is InChI=1S/C17H21NO2/c1-13(20-12-14-6-4-3-5-7-14)17(18)15-8-10-16(19-2)11-9-15/h3-11,13,17H,12,18H2,1-2H3. The van der Waals surface area contributed by atoms with E-state index < -0.39 is 0 Å². The van der Waals surface area contributed by atoms with E-state index in [2.05, 4.69) is 0 Å². The van der Waals surface area contributed by atoms with Crippen LogP contribution in [0.5, 0.6) is 5.75 Å². The second-order valence-corrected chi connectivity index (χ2v) is 4.80. The number of hydrogen-bond donors (Lipinski definition) is 1. The van der Waals surface area contributed by atoms with Crippen LogP contribution in [-0.2, 0) is 11.3 Å². The summed E-state index contributed by atoms with van der Waals surface area (Å²) in [5.41, 5.74) is 8.43. The first-order valence-corrected chi connectivity index (χ1v) is 6.76. The Balaban J connectivity index is 1.92. The molecule has 0 aliphatic rings. The van der Waals surface area contributed by atoms with Gasteiger partial charge in [0.1, 0.15) is 5.75 Å². The molecule has 2 aromatic rings. The fraction of sp³-hybridized carbons (Fsp3) is 0.294. The lowest BCUT2D eigenvalue weighted by molar-refractivity contribution is 0.0357. The number of rotatable bonds is 6. The molecule has 2 aromatic carbocycles. The van der Waals surface area contributed by atoms with Gasteiger partial charge in [-0.05, 0) is 30.2 Å². The van der Waals surface area contributed by atoms with Crippen LogP contribution in [0.15, 0.2) is 54.6 Å². The summed E-state index contributed by atoms with van der Waals surface area (Å²) in [5.74, 6) is 0.832. The minimum Gasteiger partial charge on any atom is -0.497 e. The molecular formula is C17H21NO2. The molecule has 0 fully saturated rings. The lowest BCUT2D eigenvalue weighted by Crippen LogP contribution is -2.26. The van der Waals surface area contributed by atoms with E-state index in [1.807, 2.05) is 61.5 Å². The molecule has 2 atom stereocenters. The van der Waals surface area contributed by atoms with Gasteiger partial charge in [0.05, 0.1) is 25.9 Å². The van der Waals surface area contributed by atoms with Crippen molar-refractivity contribution in [3.05, 3.63) is 65.7 Å². The predicted octanol–water partition coefficient (Wildman–Crippen LogP) is 3.30. The van der Waals surface area contributed by atoms with Crippen molar-refractivity contribution in [3.8, 4) is 5.75 Å². The lowest BCUT2D eigenvalue weighted by atomic mass is 10.0. The summed E-state index contributed by atoms with van der Waals surface area (Å²) in [6.07, 6.45) is -0.0522. The number of ether oxygens (including phenoxy) is 2. The molecule has 3 nitrogen and oxygen atoms in total. The van der Waals surface area contributed by atoms with Crippen molar-refractivity contribution in [3.63, 3.8) is 0 Å². The molecule has 0 saturated heterocycles. The van der Waals surface area contributed by atoms with E-state index in [0.717, 1.165) is 16.9 Å². The maximum atomic E-state index is 6.23. The van der Waals surface area contributed by atoms with Crippen molar-refractivity contribution in [2.45, 2.75) is 25.7 Å². The molecule has 3 heteroatoms. The number of benzene rings is 2.